The Morgan fingerprint density at radius 1 is 1.23 bits per heavy atom. The van der Waals surface area contributed by atoms with E-state index in [0.717, 1.165) is 10.5 Å². The fraction of sp³-hybridized carbons (Fsp3) is 0.188. The van der Waals surface area contributed by atoms with Gasteiger partial charge in [-0.15, -0.1) is 11.8 Å². The van der Waals surface area contributed by atoms with E-state index in [1.807, 2.05) is 18.2 Å². The van der Waals surface area contributed by atoms with Crippen LogP contribution in [0.15, 0.2) is 47.4 Å². The average Bonchev–Trinajstić information content (AvgIpc) is 2.49. The second kappa shape index (κ2) is 7.77. The van der Waals surface area contributed by atoms with E-state index in [-0.39, 0.29) is 0 Å². The van der Waals surface area contributed by atoms with Crippen molar-refractivity contribution in [1.82, 2.24) is 0 Å². The molecule has 116 valence electrons. The predicted molar refractivity (Wildman–Crippen MR) is 90.4 cm³/mol. The van der Waals surface area contributed by atoms with Gasteiger partial charge in [-0.1, -0.05) is 29.3 Å². The van der Waals surface area contributed by atoms with Gasteiger partial charge in [-0.2, -0.15) is 0 Å². The maximum absolute atomic E-state index is 11.5. The number of thioether (sulfide) groups is 1. The molecule has 0 fully saturated rings. The second-order valence-corrected chi connectivity index (χ2v) is 6.69. The molecule has 6 heteroatoms. The number of hydrogen-bond donors (Lipinski definition) is 1. The zero-order valence-corrected chi connectivity index (χ0v) is 14.1. The van der Waals surface area contributed by atoms with Crippen LogP contribution < -0.4 is 4.74 Å². The molecule has 22 heavy (non-hydrogen) atoms. The topological polar surface area (TPSA) is 46.5 Å². The Morgan fingerprint density at radius 3 is 2.45 bits per heavy atom. The van der Waals surface area contributed by atoms with Crippen LogP contribution in [-0.2, 0) is 11.2 Å². The predicted octanol–water partition coefficient (Wildman–Crippen LogP) is 4.79. The van der Waals surface area contributed by atoms with Gasteiger partial charge in [-0.05, 0) is 48.4 Å². The number of methoxy groups -OCH3 is 1. The molecule has 0 aromatic heterocycles. The smallest absolute Gasteiger partial charge is 0.317 e. The van der Waals surface area contributed by atoms with Gasteiger partial charge in [0.2, 0.25) is 0 Å². The zero-order valence-electron chi connectivity index (χ0n) is 11.8. The highest BCUT2D eigenvalue weighted by Crippen LogP contribution is 2.30. The van der Waals surface area contributed by atoms with Crippen LogP contribution in [0.5, 0.6) is 5.75 Å². The standard InChI is InChI=1S/C16H14Cl2O3S/c1-21-14-7-2-10(8-13(14)18)9-15(16(19)20)22-12-5-3-11(17)4-6-12/h2-8,15H,9H2,1H3,(H,19,20)/t15-/m0/s1. The fourth-order valence-electron chi connectivity index (χ4n) is 1.91. The van der Waals surface area contributed by atoms with E-state index in [1.165, 1.54) is 18.9 Å². The summed E-state index contributed by atoms with van der Waals surface area (Å²) in [5.74, 6) is -0.297. The lowest BCUT2D eigenvalue weighted by Crippen LogP contribution is -2.19. The van der Waals surface area contributed by atoms with Crippen LogP contribution in [0.2, 0.25) is 10.0 Å². The minimum absolute atomic E-state index is 0.367. The van der Waals surface area contributed by atoms with Gasteiger partial charge in [0, 0.05) is 9.92 Å². The van der Waals surface area contributed by atoms with Crippen molar-refractivity contribution in [1.29, 1.82) is 0 Å². The molecule has 0 spiro atoms. The molecule has 2 aromatic carbocycles. The molecule has 0 bridgehead atoms. The van der Waals surface area contributed by atoms with Crippen molar-refractivity contribution < 1.29 is 14.6 Å². The number of ether oxygens (including phenoxy) is 1. The van der Waals surface area contributed by atoms with Crippen molar-refractivity contribution in [2.75, 3.05) is 7.11 Å². The molecule has 0 aliphatic heterocycles. The van der Waals surface area contributed by atoms with Crippen LogP contribution in [0, 0.1) is 0 Å². The SMILES string of the molecule is COc1ccc(C[C@H](Sc2ccc(Cl)cc2)C(=O)O)cc1Cl. The summed E-state index contributed by atoms with van der Waals surface area (Å²) in [6.07, 6.45) is 0.367. The van der Waals surface area contributed by atoms with Crippen molar-refractivity contribution >= 4 is 40.9 Å². The van der Waals surface area contributed by atoms with Crippen molar-refractivity contribution in [2.45, 2.75) is 16.6 Å². The number of halogens is 2. The van der Waals surface area contributed by atoms with Gasteiger partial charge < -0.3 is 9.84 Å². The second-order valence-electron chi connectivity index (χ2n) is 4.57. The summed E-state index contributed by atoms with van der Waals surface area (Å²) in [6, 6.07) is 12.4. The van der Waals surface area contributed by atoms with Crippen LogP contribution in [0.3, 0.4) is 0 Å². The van der Waals surface area contributed by atoms with Gasteiger partial charge >= 0.3 is 5.97 Å². The normalized spacial score (nSPS) is 12.0. The van der Waals surface area contributed by atoms with Gasteiger partial charge in [0.25, 0.3) is 0 Å². The number of rotatable bonds is 6. The quantitative estimate of drug-likeness (QED) is 0.755. The van der Waals surface area contributed by atoms with Crippen LogP contribution >= 0.6 is 35.0 Å². The van der Waals surface area contributed by atoms with Crippen molar-refractivity contribution in [3.05, 3.63) is 58.1 Å². The highest BCUT2D eigenvalue weighted by Gasteiger charge is 2.20. The Morgan fingerprint density at radius 2 is 1.91 bits per heavy atom. The molecule has 0 radical (unpaired) electrons. The minimum atomic E-state index is -0.869. The Bertz CT molecular complexity index is 659. The number of carboxylic acids is 1. The Kier molecular flexibility index (Phi) is 6.00. The summed E-state index contributed by atoms with van der Waals surface area (Å²) < 4.78 is 5.09. The molecule has 1 atom stereocenters. The van der Waals surface area contributed by atoms with E-state index in [0.29, 0.717) is 22.2 Å². The van der Waals surface area contributed by atoms with E-state index in [1.54, 1.807) is 24.3 Å². The Balaban J connectivity index is 2.13. The summed E-state index contributed by atoms with van der Waals surface area (Å²) in [5.41, 5.74) is 0.847. The number of carbonyl (C=O) groups is 1. The maximum Gasteiger partial charge on any atom is 0.317 e. The van der Waals surface area contributed by atoms with Gasteiger partial charge in [-0.3, -0.25) is 4.79 Å². The molecule has 0 aliphatic rings. The third kappa shape index (κ3) is 4.57. The summed E-state index contributed by atoms with van der Waals surface area (Å²) in [4.78, 5) is 12.3. The first-order valence-corrected chi connectivity index (χ1v) is 8.10. The van der Waals surface area contributed by atoms with Crippen molar-refractivity contribution in [3.8, 4) is 5.75 Å². The molecule has 0 heterocycles. The van der Waals surface area contributed by atoms with E-state index >= 15 is 0 Å². The number of carboxylic acid groups (broad SMARTS) is 1. The summed E-state index contributed by atoms with van der Waals surface area (Å²) in [5, 5.41) is 9.91. The third-order valence-electron chi connectivity index (χ3n) is 3.00. The number of benzene rings is 2. The molecule has 2 rings (SSSR count). The molecule has 3 nitrogen and oxygen atoms in total. The summed E-state index contributed by atoms with van der Waals surface area (Å²) in [7, 11) is 1.54. The molecule has 0 unspecified atom stereocenters. The van der Waals surface area contributed by atoms with Gasteiger partial charge in [0.1, 0.15) is 11.0 Å². The van der Waals surface area contributed by atoms with Gasteiger partial charge in [0.05, 0.1) is 12.1 Å². The lowest BCUT2D eigenvalue weighted by molar-refractivity contribution is -0.136. The molecule has 0 saturated heterocycles. The summed E-state index contributed by atoms with van der Waals surface area (Å²) in [6.45, 7) is 0. The fourth-order valence-corrected chi connectivity index (χ4v) is 3.31. The van der Waals surface area contributed by atoms with Crippen molar-refractivity contribution in [2.24, 2.45) is 0 Å². The van der Waals surface area contributed by atoms with E-state index in [2.05, 4.69) is 0 Å². The van der Waals surface area contributed by atoms with E-state index in [4.69, 9.17) is 27.9 Å². The zero-order chi connectivity index (χ0) is 16.1. The third-order valence-corrected chi connectivity index (χ3v) is 4.75. The lowest BCUT2D eigenvalue weighted by atomic mass is 10.1. The lowest BCUT2D eigenvalue weighted by Gasteiger charge is -2.13. The highest BCUT2D eigenvalue weighted by molar-refractivity contribution is 8.00. The molecular weight excluding hydrogens is 343 g/mol. The van der Waals surface area contributed by atoms with E-state index < -0.39 is 11.2 Å². The molecular formula is C16H14Cl2O3S. The van der Waals surface area contributed by atoms with Crippen LogP contribution in [0.25, 0.3) is 0 Å². The van der Waals surface area contributed by atoms with Crippen LogP contribution in [0.4, 0.5) is 0 Å². The van der Waals surface area contributed by atoms with Crippen LogP contribution in [-0.4, -0.2) is 23.4 Å². The monoisotopic (exact) mass is 356 g/mol. The Labute approximate surface area is 143 Å². The van der Waals surface area contributed by atoms with Gasteiger partial charge in [0.15, 0.2) is 0 Å². The van der Waals surface area contributed by atoms with Crippen molar-refractivity contribution in [3.63, 3.8) is 0 Å². The number of hydrogen-bond acceptors (Lipinski definition) is 3. The van der Waals surface area contributed by atoms with E-state index in [9.17, 15) is 9.90 Å². The first-order valence-electron chi connectivity index (χ1n) is 6.47. The molecule has 1 N–H and O–H groups in total. The van der Waals surface area contributed by atoms with Crippen LogP contribution in [0.1, 0.15) is 5.56 Å². The largest absolute Gasteiger partial charge is 0.495 e. The minimum Gasteiger partial charge on any atom is -0.495 e. The first kappa shape index (κ1) is 17.0. The first-order chi connectivity index (χ1) is 10.5. The maximum atomic E-state index is 11.5. The van der Waals surface area contributed by atoms with Gasteiger partial charge in [-0.25, -0.2) is 0 Å². The molecule has 0 amide bonds. The molecule has 2 aromatic rings. The molecule has 0 saturated carbocycles. The average molecular weight is 357 g/mol. The highest BCUT2D eigenvalue weighted by atomic mass is 35.5. The Hall–Kier alpha value is -1.36. The molecule has 0 aliphatic carbocycles. The summed E-state index contributed by atoms with van der Waals surface area (Å²) >= 11 is 13.2. The number of aliphatic carboxylic acids is 1.